The Morgan fingerprint density at radius 2 is 1.95 bits per heavy atom. The molecule has 0 spiro atoms. The summed E-state index contributed by atoms with van der Waals surface area (Å²) in [7, 11) is 1.99. The number of aromatic nitrogens is 2. The Labute approximate surface area is 132 Å². The van der Waals surface area contributed by atoms with Gasteiger partial charge in [-0.1, -0.05) is 39.8 Å². The number of thioether (sulfide) groups is 1. The second-order valence-corrected chi connectivity index (χ2v) is 7.52. The van der Waals surface area contributed by atoms with Gasteiger partial charge in [0.2, 0.25) is 0 Å². The second-order valence-electron chi connectivity index (χ2n) is 6.21. The van der Waals surface area contributed by atoms with Crippen molar-refractivity contribution in [3.63, 3.8) is 0 Å². The van der Waals surface area contributed by atoms with Crippen molar-refractivity contribution in [2.75, 3.05) is 11.1 Å². The van der Waals surface area contributed by atoms with E-state index in [1.165, 1.54) is 16.1 Å². The van der Waals surface area contributed by atoms with E-state index in [4.69, 9.17) is 0 Å². The van der Waals surface area contributed by atoms with Crippen LogP contribution < -0.4 is 5.32 Å². The minimum absolute atomic E-state index is 0.0654. The molecule has 1 aromatic carbocycles. The molecule has 0 radical (unpaired) electrons. The fourth-order valence-electron chi connectivity index (χ4n) is 2.38. The molecule has 1 aromatic heterocycles. The summed E-state index contributed by atoms with van der Waals surface area (Å²) in [4.78, 5) is 1.31. The highest BCUT2D eigenvalue weighted by Crippen LogP contribution is 2.28. The summed E-state index contributed by atoms with van der Waals surface area (Å²) < 4.78 is 1.91. The van der Waals surface area contributed by atoms with Gasteiger partial charge in [-0.25, -0.2) is 0 Å². The number of rotatable bonds is 5. The normalized spacial score (nSPS) is 11.7. The standard InChI is InChI=1S/C17H25N3S/c1-6-21-15-10-8-7-9-14(15)18-11-13-12-20(5)19-16(13)17(2,3)4/h7-10,12,18H,6,11H2,1-5H3. The largest absolute Gasteiger partial charge is 0.380 e. The molecule has 3 nitrogen and oxygen atoms in total. The Kier molecular flexibility index (Phi) is 4.99. The molecule has 0 atom stereocenters. The van der Waals surface area contributed by atoms with E-state index in [9.17, 15) is 0 Å². The van der Waals surface area contributed by atoms with Gasteiger partial charge < -0.3 is 5.32 Å². The maximum atomic E-state index is 4.62. The third kappa shape index (κ3) is 4.03. The highest BCUT2D eigenvalue weighted by atomic mass is 32.2. The van der Waals surface area contributed by atoms with E-state index in [0.717, 1.165) is 18.0 Å². The Morgan fingerprint density at radius 3 is 2.62 bits per heavy atom. The molecule has 0 fully saturated rings. The zero-order valence-corrected chi connectivity index (χ0v) is 14.4. The molecule has 0 aliphatic rings. The molecular weight excluding hydrogens is 278 g/mol. The summed E-state index contributed by atoms with van der Waals surface area (Å²) in [5, 5.41) is 8.19. The molecule has 0 bridgehead atoms. The van der Waals surface area contributed by atoms with Crippen molar-refractivity contribution >= 4 is 17.4 Å². The third-order valence-electron chi connectivity index (χ3n) is 3.27. The van der Waals surface area contributed by atoms with E-state index in [0.29, 0.717) is 0 Å². The number of aryl methyl sites for hydroxylation is 1. The van der Waals surface area contributed by atoms with E-state index in [-0.39, 0.29) is 5.41 Å². The molecule has 1 N–H and O–H groups in total. The van der Waals surface area contributed by atoms with Crippen molar-refractivity contribution in [1.29, 1.82) is 0 Å². The average molecular weight is 303 g/mol. The van der Waals surface area contributed by atoms with Crippen molar-refractivity contribution < 1.29 is 0 Å². The van der Waals surface area contributed by atoms with Gasteiger partial charge in [-0.2, -0.15) is 5.10 Å². The summed E-state index contributed by atoms with van der Waals surface area (Å²) >= 11 is 1.87. The molecular formula is C17H25N3S. The molecule has 2 aromatic rings. The first-order valence-corrected chi connectivity index (χ1v) is 8.39. The van der Waals surface area contributed by atoms with Crippen molar-refractivity contribution in [3.8, 4) is 0 Å². The molecule has 2 rings (SSSR count). The van der Waals surface area contributed by atoms with E-state index >= 15 is 0 Å². The monoisotopic (exact) mass is 303 g/mol. The molecule has 0 amide bonds. The fourth-order valence-corrected chi connectivity index (χ4v) is 3.16. The number of nitrogens with zero attached hydrogens (tertiary/aromatic N) is 2. The van der Waals surface area contributed by atoms with Crippen LogP contribution in [0.25, 0.3) is 0 Å². The summed E-state index contributed by atoms with van der Waals surface area (Å²) in [6, 6.07) is 8.49. The molecule has 21 heavy (non-hydrogen) atoms. The first-order chi connectivity index (χ1) is 9.91. The first-order valence-electron chi connectivity index (χ1n) is 7.40. The number of hydrogen-bond acceptors (Lipinski definition) is 3. The molecule has 0 aliphatic carbocycles. The van der Waals surface area contributed by atoms with Crippen LogP contribution in [0.4, 0.5) is 5.69 Å². The Hall–Kier alpha value is -1.42. The van der Waals surface area contributed by atoms with Gasteiger partial charge in [-0.15, -0.1) is 11.8 Å². The van der Waals surface area contributed by atoms with Crippen LogP contribution in [0.1, 0.15) is 39.0 Å². The van der Waals surface area contributed by atoms with Crippen molar-refractivity contribution in [2.24, 2.45) is 7.05 Å². The van der Waals surface area contributed by atoms with Crippen LogP contribution in [0.15, 0.2) is 35.4 Å². The number of benzene rings is 1. The van der Waals surface area contributed by atoms with Crippen LogP contribution in [-0.4, -0.2) is 15.5 Å². The lowest BCUT2D eigenvalue weighted by Crippen LogP contribution is -2.16. The predicted octanol–water partition coefficient (Wildman–Crippen LogP) is 4.44. The van der Waals surface area contributed by atoms with Crippen LogP contribution in [0.5, 0.6) is 0 Å². The van der Waals surface area contributed by atoms with Crippen LogP contribution in [0.2, 0.25) is 0 Å². The van der Waals surface area contributed by atoms with Crippen LogP contribution in [-0.2, 0) is 19.0 Å². The molecule has 4 heteroatoms. The summed E-state index contributed by atoms with van der Waals surface area (Å²) in [6.45, 7) is 9.61. The van der Waals surface area contributed by atoms with Gasteiger partial charge in [0.1, 0.15) is 0 Å². The summed E-state index contributed by atoms with van der Waals surface area (Å²) in [6.07, 6.45) is 2.11. The zero-order valence-electron chi connectivity index (χ0n) is 13.6. The smallest absolute Gasteiger partial charge is 0.0727 e. The highest BCUT2D eigenvalue weighted by molar-refractivity contribution is 7.99. The maximum Gasteiger partial charge on any atom is 0.0727 e. The van der Waals surface area contributed by atoms with Gasteiger partial charge in [0.15, 0.2) is 0 Å². The van der Waals surface area contributed by atoms with Gasteiger partial charge in [-0.3, -0.25) is 4.68 Å². The van der Waals surface area contributed by atoms with E-state index in [1.807, 2.05) is 23.5 Å². The van der Waals surface area contributed by atoms with E-state index in [1.54, 1.807) is 0 Å². The van der Waals surface area contributed by atoms with Crippen molar-refractivity contribution in [1.82, 2.24) is 9.78 Å². The topological polar surface area (TPSA) is 29.9 Å². The lowest BCUT2D eigenvalue weighted by atomic mass is 9.89. The quantitative estimate of drug-likeness (QED) is 0.828. The van der Waals surface area contributed by atoms with Gasteiger partial charge in [0.05, 0.1) is 5.69 Å². The minimum atomic E-state index is 0.0654. The Balaban J connectivity index is 2.17. The van der Waals surface area contributed by atoms with Crippen LogP contribution in [0, 0.1) is 0 Å². The second kappa shape index (κ2) is 6.56. The predicted molar refractivity (Wildman–Crippen MR) is 92.1 cm³/mol. The number of hydrogen-bond donors (Lipinski definition) is 1. The van der Waals surface area contributed by atoms with Crippen molar-refractivity contribution in [3.05, 3.63) is 41.7 Å². The van der Waals surface area contributed by atoms with E-state index in [2.05, 4.69) is 68.6 Å². The molecule has 0 aliphatic heterocycles. The number of nitrogens with one attached hydrogen (secondary N) is 1. The van der Waals surface area contributed by atoms with Crippen LogP contribution >= 0.6 is 11.8 Å². The van der Waals surface area contributed by atoms with Gasteiger partial charge in [0.25, 0.3) is 0 Å². The number of anilines is 1. The first kappa shape index (κ1) is 16.0. The Bertz CT molecular complexity index is 596. The molecule has 0 unspecified atom stereocenters. The molecule has 114 valence electrons. The van der Waals surface area contributed by atoms with Gasteiger partial charge in [-0.05, 0) is 17.9 Å². The maximum absolute atomic E-state index is 4.62. The molecule has 0 saturated carbocycles. The molecule has 0 saturated heterocycles. The average Bonchev–Trinajstić information content (AvgIpc) is 2.79. The number of para-hydroxylation sites is 1. The van der Waals surface area contributed by atoms with Crippen LogP contribution in [0.3, 0.4) is 0 Å². The lowest BCUT2D eigenvalue weighted by molar-refractivity contribution is 0.549. The summed E-state index contributed by atoms with van der Waals surface area (Å²) in [5.41, 5.74) is 3.70. The minimum Gasteiger partial charge on any atom is -0.380 e. The highest BCUT2D eigenvalue weighted by Gasteiger charge is 2.21. The van der Waals surface area contributed by atoms with E-state index < -0.39 is 0 Å². The zero-order chi connectivity index (χ0) is 15.5. The Morgan fingerprint density at radius 1 is 1.24 bits per heavy atom. The third-order valence-corrected chi connectivity index (χ3v) is 4.23. The van der Waals surface area contributed by atoms with Crippen molar-refractivity contribution in [2.45, 2.75) is 44.6 Å². The summed E-state index contributed by atoms with van der Waals surface area (Å²) in [5.74, 6) is 1.08. The van der Waals surface area contributed by atoms with Gasteiger partial charge >= 0.3 is 0 Å². The van der Waals surface area contributed by atoms with Gasteiger partial charge in [0, 0.05) is 41.4 Å². The lowest BCUT2D eigenvalue weighted by Gasteiger charge is -2.18. The SMILES string of the molecule is CCSc1ccccc1NCc1cn(C)nc1C(C)(C)C. The molecule has 1 heterocycles. The fraction of sp³-hybridized carbons (Fsp3) is 0.471.